The highest BCUT2D eigenvalue weighted by molar-refractivity contribution is 6.39. The summed E-state index contributed by atoms with van der Waals surface area (Å²) in [6, 6.07) is 0. The lowest BCUT2D eigenvalue weighted by Crippen LogP contribution is -2.27. The number of hydrogen-bond donors (Lipinski definition) is 0. The van der Waals surface area contributed by atoms with E-state index in [1.54, 1.807) is 4.90 Å². The average molecular weight is 241 g/mol. The zero-order valence-electron chi connectivity index (χ0n) is 9.89. The van der Waals surface area contributed by atoms with Gasteiger partial charge in [-0.2, -0.15) is 0 Å². The van der Waals surface area contributed by atoms with Crippen LogP contribution in [0.1, 0.15) is 12.8 Å². The number of esters is 2. The number of carbonyl (C=O) groups is 3. The maximum absolute atomic E-state index is 11.5. The van der Waals surface area contributed by atoms with Gasteiger partial charge in [0.25, 0.3) is 5.78 Å². The molecule has 1 heterocycles. The third-order valence-electron chi connectivity index (χ3n) is 2.50. The van der Waals surface area contributed by atoms with Crippen molar-refractivity contribution in [2.24, 2.45) is 0 Å². The highest BCUT2D eigenvalue weighted by Gasteiger charge is 2.24. The van der Waals surface area contributed by atoms with E-state index in [4.69, 9.17) is 0 Å². The molecule has 0 amide bonds. The number of ketones is 1. The van der Waals surface area contributed by atoms with Crippen LogP contribution in [0, 0.1) is 0 Å². The standard InChI is InChI=1S/C11H15NO5/c1-16-10(14)8(12-5-3-4-6-12)7-9(13)11(15)17-2/h7H,3-6H2,1-2H3/b8-7+. The summed E-state index contributed by atoms with van der Waals surface area (Å²) < 4.78 is 8.87. The van der Waals surface area contributed by atoms with E-state index in [1.807, 2.05) is 0 Å². The zero-order chi connectivity index (χ0) is 12.8. The summed E-state index contributed by atoms with van der Waals surface area (Å²) in [7, 11) is 2.34. The van der Waals surface area contributed by atoms with Gasteiger partial charge in [0.2, 0.25) is 0 Å². The van der Waals surface area contributed by atoms with Crippen LogP contribution in [0.2, 0.25) is 0 Å². The zero-order valence-corrected chi connectivity index (χ0v) is 9.89. The maximum Gasteiger partial charge on any atom is 0.378 e. The summed E-state index contributed by atoms with van der Waals surface area (Å²) in [6.07, 6.45) is 2.87. The molecule has 1 rings (SSSR count). The fourth-order valence-corrected chi connectivity index (χ4v) is 1.63. The van der Waals surface area contributed by atoms with Crippen molar-refractivity contribution in [2.75, 3.05) is 27.3 Å². The Bertz CT molecular complexity index is 355. The Morgan fingerprint density at radius 1 is 1.00 bits per heavy atom. The molecule has 1 aliphatic rings. The van der Waals surface area contributed by atoms with Gasteiger partial charge < -0.3 is 14.4 Å². The lowest BCUT2D eigenvalue weighted by atomic mass is 10.3. The van der Waals surface area contributed by atoms with E-state index >= 15 is 0 Å². The minimum Gasteiger partial charge on any atom is -0.464 e. The number of hydrogen-bond acceptors (Lipinski definition) is 6. The van der Waals surface area contributed by atoms with E-state index in [0.29, 0.717) is 13.1 Å². The van der Waals surface area contributed by atoms with Crippen molar-refractivity contribution >= 4 is 17.7 Å². The molecule has 6 nitrogen and oxygen atoms in total. The van der Waals surface area contributed by atoms with Crippen LogP contribution >= 0.6 is 0 Å². The van der Waals surface area contributed by atoms with Gasteiger partial charge in [0.1, 0.15) is 5.70 Å². The Kier molecular flexibility index (Phi) is 4.68. The molecule has 0 spiro atoms. The second kappa shape index (κ2) is 6.03. The van der Waals surface area contributed by atoms with Crippen LogP contribution < -0.4 is 0 Å². The molecule has 0 bridgehead atoms. The smallest absolute Gasteiger partial charge is 0.378 e. The first-order valence-electron chi connectivity index (χ1n) is 5.27. The third kappa shape index (κ3) is 3.30. The van der Waals surface area contributed by atoms with Gasteiger partial charge in [-0.05, 0) is 12.8 Å². The summed E-state index contributed by atoms with van der Waals surface area (Å²) >= 11 is 0. The molecule has 1 fully saturated rings. The molecule has 1 aliphatic heterocycles. The normalized spacial score (nSPS) is 15.6. The highest BCUT2D eigenvalue weighted by Crippen LogP contribution is 2.15. The Balaban J connectivity index is 2.89. The fraction of sp³-hybridized carbons (Fsp3) is 0.545. The molecule has 0 N–H and O–H groups in total. The molecule has 0 aromatic rings. The first-order chi connectivity index (χ1) is 8.10. The first kappa shape index (κ1) is 13.2. The average Bonchev–Trinajstić information content (AvgIpc) is 2.87. The van der Waals surface area contributed by atoms with Crippen LogP contribution in [-0.4, -0.2) is 49.9 Å². The van der Waals surface area contributed by atoms with Crippen molar-refractivity contribution in [2.45, 2.75) is 12.8 Å². The first-order valence-corrected chi connectivity index (χ1v) is 5.27. The lowest BCUT2D eigenvalue weighted by molar-refractivity contribution is -0.149. The number of carbonyl (C=O) groups excluding carboxylic acids is 3. The van der Waals surface area contributed by atoms with Crippen molar-refractivity contribution in [1.82, 2.24) is 4.90 Å². The summed E-state index contributed by atoms with van der Waals surface area (Å²) in [5, 5.41) is 0. The van der Waals surface area contributed by atoms with Gasteiger partial charge in [0.15, 0.2) is 0 Å². The predicted octanol–water partition coefficient (Wildman–Crippen LogP) is -0.119. The molecule has 17 heavy (non-hydrogen) atoms. The number of ether oxygens (including phenoxy) is 2. The second-order valence-electron chi connectivity index (χ2n) is 3.57. The predicted molar refractivity (Wildman–Crippen MR) is 57.9 cm³/mol. The van der Waals surface area contributed by atoms with E-state index in [9.17, 15) is 14.4 Å². The summed E-state index contributed by atoms with van der Waals surface area (Å²) in [5.41, 5.74) is 0.111. The molecule has 0 radical (unpaired) electrons. The van der Waals surface area contributed by atoms with E-state index in [1.165, 1.54) is 7.11 Å². The SMILES string of the molecule is COC(=O)C(=O)/C=C(\C(=O)OC)N1CCCC1. The summed E-state index contributed by atoms with van der Waals surface area (Å²) in [4.78, 5) is 35.6. The van der Waals surface area contributed by atoms with Gasteiger partial charge in [-0.3, -0.25) is 4.79 Å². The Morgan fingerprint density at radius 2 is 1.53 bits per heavy atom. The second-order valence-corrected chi connectivity index (χ2v) is 3.57. The molecule has 0 aromatic heterocycles. The highest BCUT2D eigenvalue weighted by atomic mass is 16.5. The Labute approximate surface area is 99.2 Å². The number of nitrogens with zero attached hydrogens (tertiary/aromatic N) is 1. The number of methoxy groups -OCH3 is 2. The molecule has 0 unspecified atom stereocenters. The van der Waals surface area contributed by atoms with Gasteiger partial charge in [0, 0.05) is 19.2 Å². The number of likely N-dealkylation sites (tertiary alicyclic amines) is 1. The molecular weight excluding hydrogens is 226 g/mol. The molecule has 94 valence electrons. The molecule has 0 aromatic carbocycles. The van der Waals surface area contributed by atoms with Crippen molar-refractivity contribution in [3.63, 3.8) is 0 Å². The van der Waals surface area contributed by atoms with Crippen molar-refractivity contribution in [3.8, 4) is 0 Å². The quantitative estimate of drug-likeness (QED) is 0.388. The Hall–Kier alpha value is -1.85. The van der Waals surface area contributed by atoms with Crippen molar-refractivity contribution < 1.29 is 23.9 Å². The topological polar surface area (TPSA) is 72.9 Å². The van der Waals surface area contributed by atoms with Gasteiger partial charge in [-0.15, -0.1) is 0 Å². The van der Waals surface area contributed by atoms with E-state index in [0.717, 1.165) is 26.0 Å². The van der Waals surface area contributed by atoms with E-state index < -0.39 is 17.7 Å². The largest absolute Gasteiger partial charge is 0.464 e. The van der Waals surface area contributed by atoms with Crippen LogP contribution in [0.5, 0.6) is 0 Å². The van der Waals surface area contributed by atoms with Gasteiger partial charge in [-0.25, -0.2) is 9.59 Å². The minimum absolute atomic E-state index is 0.111. The van der Waals surface area contributed by atoms with Crippen LogP contribution in [0.4, 0.5) is 0 Å². The molecule has 0 atom stereocenters. The molecular formula is C11H15NO5. The maximum atomic E-state index is 11.5. The molecule has 6 heteroatoms. The van der Waals surface area contributed by atoms with E-state index in [2.05, 4.69) is 9.47 Å². The third-order valence-corrected chi connectivity index (χ3v) is 2.50. The summed E-state index contributed by atoms with van der Waals surface area (Å²) in [5.74, 6) is -2.48. The van der Waals surface area contributed by atoms with Crippen molar-refractivity contribution in [3.05, 3.63) is 11.8 Å². The Morgan fingerprint density at radius 3 is 2.00 bits per heavy atom. The number of rotatable bonds is 4. The van der Waals surface area contributed by atoms with Crippen LogP contribution in [0.15, 0.2) is 11.8 Å². The summed E-state index contributed by atoms with van der Waals surface area (Å²) in [6.45, 7) is 1.35. The van der Waals surface area contributed by atoms with Crippen LogP contribution in [0.25, 0.3) is 0 Å². The van der Waals surface area contributed by atoms with Gasteiger partial charge >= 0.3 is 11.9 Å². The van der Waals surface area contributed by atoms with Crippen LogP contribution in [-0.2, 0) is 23.9 Å². The van der Waals surface area contributed by atoms with Gasteiger partial charge in [0.05, 0.1) is 14.2 Å². The van der Waals surface area contributed by atoms with Crippen LogP contribution in [0.3, 0.4) is 0 Å². The lowest BCUT2D eigenvalue weighted by Gasteiger charge is -2.18. The van der Waals surface area contributed by atoms with Crippen molar-refractivity contribution in [1.29, 1.82) is 0 Å². The molecule has 1 saturated heterocycles. The molecule has 0 aliphatic carbocycles. The monoisotopic (exact) mass is 241 g/mol. The fourth-order valence-electron chi connectivity index (χ4n) is 1.63. The molecule has 0 saturated carbocycles. The van der Waals surface area contributed by atoms with Gasteiger partial charge in [-0.1, -0.05) is 0 Å². The van der Waals surface area contributed by atoms with E-state index in [-0.39, 0.29) is 5.70 Å². The minimum atomic E-state index is -0.995.